The summed E-state index contributed by atoms with van der Waals surface area (Å²) in [7, 11) is 0. The van der Waals surface area contributed by atoms with Gasteiger partial charge in [0.05, 0.1) is 12.2 Å². The highest BCUT2D eigenvalue weighted by Gasteiger charge is 2.17. The van der Waals surface area contributed by atoms with Crippen molar-refractivity contribution in [2.45, 2.75) is 20.5 Å². The maximum Gasteiger partial charge on any atom is 0.189 e. The summed E-state index contributed by atoms with van der Waals surface area (Å²) in [5.74, 6) is 0.723. The Morgan fingerprint density at radius 1 is 1.43 bits per heavy atom. The lowest BCUT2D eigenvalue weighted by atomic mass is 10.0. The molecule has 3 nitrogen and oxygen atoms in total. The molecule has 0 saturated heterocycles. The maximum atomic E-state index is 11.3. The molecule has 1 aliphatic heterocycles. The minimum atomic E-state index is 0.0341. The van der Waals surface area contributed by atoms with E-state index in [4.69, 9.17) is 9.47 Å². The molecule has 1 aliphatic rings. The van der Waals surface area contributed by atoms with Gasteiger partial charge in [-0.25, -0.2) is 0 Å². The van der Waals surface area contributed by atoms with E-state index in [1.807, 2.05) is 19.1 Å². The number of fused-ring (bicyclic) bond motifs is 1. The molecule has 74 valence electrons. The highest BCUT2D eigenvalue weighted by molar-refractivity contribution is 5.97. The van der Waals surface area contributed by atoms with Crippen LogP contribution in [-0.4, -0.2) is 12.6 Å². The molecule has 0 spiro atoms. The zero-order valence-electron chi connectivity index (χ0n) is 8.29. The SMILES string of the molecule is CC(=O)c1cc(C)cc2c1OCOC2. The molecule has 0 N–H and O–H groups in total. The quantitative estimate of drug-likeness (QED) is 0.639. The summed E-state index contributed by atoms with van der Waals surface area (Å²) in [6.45, 7) is 4.27. The van der Waals surface area contributed by atoms with Gasteiger partial charge in [-0.15, -0.1) is 0 Å². The monoisotopic (exact) mass is 192 g/mol. The van der Waals surface area contributed by atoms with E-state index in [0.29, 0.717) is 17.9 Å². The Hall–Kier alpha value is -1.35. The van der Waals surface area contributed by atoms with Crippen LogP contribution in [0.25, 0.3) is 0 Å². The van der Waals surface area contributed by atoms with Crippen LogP contribution in [0.3, 0.4) is 0 Å². The lowest BCUT2D eigenvalue weighted by Gasteiger charge is -2.20. The Morgan fingerprint density at radius 3 is 2.93 bits per heavy atom. The highest BCUT2D eigenvalue weighted by Crippen LogP contribution is 2.29. The summed E-state index contributed by atoms with van der Waals surface area (Å²) in [5, 5.41) is 0. The van der Waals surface area contributed by atoms with Crippen molar-refractivity contribution in [3.63, 3.8) is 0 Å². The van der Waals surface area contributed by atoms with Crippen LogP contribution in [0.15, 0.2) is 12.1 Å². The minimum absolute atomic E-state index is 0.0341. The van der Waals surface area contributed by atoms with Crippen LogP contribution < -0.4 is 4.74 Å². The zero-order valence-corrected chi connectivity index (χ0v) is 8.29. The van der Waals surface area contributed by atoms with E-state index in [1.165, 1.54) is 0 Å². The van der Waals surface area contributed by atoms with Crippen LogP contribution in [0, 0.1) is 6.92 Å². The zero-order chi connectivity index (χ0) is 10.1. The van der Waals surface area contributed by atoms with Gasteiger partial charge in [0.2, 0.25) is 0 Å². The molecular formula is C11H12O3. The third-order valence-corrected chi connectivity index (χ3v) is 2.23. The Balaban J connectivity index is 2.58. The average molecular weight is 192 g/mol. The lowest BCUT2D eigenvalue weighted by molar-refractivity contribution is -0.0168. The summed E-state index contributed by atoms with van der Waals surface area (Å²) in [5.41, 5.74) is 2.67. The molecule has 1 aromatic rings. The molecule has 0 unspecified atom stereocenters. The van der Waals surface area contributed by atoms with E-state index in [-0.39, 0.29) is 12.6 Å². The second kappa shape index (κ2) is 3.42. The Morgan fingerprint density at radius 2 is 2.21 bits per heavy atom. The van der Waals surface area contributed by atoms with Crippen molar-refractivity contribution in [2.24, 2.45) is 0 Å². The van der Waals surface area contributed by atoms with Gasteiger partial charge in [0.1, 0.15) is 5.75 Å². The Bertz CT molecular complexity index is 382. The van der Waals surface area contributed by atoms with Crippen LogP contribution in [0.4, 0.5) is 0 Å². The van der Waals surface area contributed by atoms with E-state index in [0.717, 1.165) is 11.1 Å². The fourth-order valence-corrected chi connectivity index (χ4v) is 1.64. The van der Waals surface area contributed by atoms with Gasteiger partial charge in [-0.1, -0.05) is 6.07 Å². The number of rotatable bonds is 1. The number of hydrogen-bond donors (Lipinski definition) is 0. The number of ether oxygens (including phenoxy) is 2. The number of aryl methyl sites for hydroxylation is 1. The van der Waals surface area contributed by atoms with Crippen molar-refractivity contribution in [2.75, 3.05) is 6.79 Å². The standard InChI is InChI=1S/C11H12O3/c1-7-3-9-5-13-6-14-11(9)10(4-7)8(2)12/h3-4H,5-6H2,1-2H3. The van der Waals surface area contributed by atoms with Gasteiger partial charge in [0.15, 0.2) is 12.6 Å². The van der Waals surface area contributed by atoms with Crippen LogP contribution >= 0.6 is 0 Å². The lowest BCUT2D eigenvalue weighted by Crippen LogP contribution is -2.14. The molecule has 0 saturated carbocycles. The fraction of sp³-hybridized carbons (Fsp3) is 0.364. The van der Waals surface area contributed by atoms with Crippen molar-refractivity contribution >= 4 is 5.78 Å². The first-order valence-electron chi connectivity index (χ1n) is 4.53. The molecule has 2 rings (SSSR count). The van der Waals surface area contributed by atoms with Gasteiger partial charge in [-0.05, 0) is 25.5 Å². The van der Waals surface area contributed by atoms with Gasteiger partial charge < -0.3 is 9.47 Å². The van der Waals surface area contributed by atoms with Crippen molar-refractivity contribution in [1.82, 2.24) is 0 Å². The fourth-order valence-electron chi connectivity index (χ4n) is 1.64. The Labute approximate surface area is 82.6 Å². The van der Waals surface area contributed by atoms with Crippen LogP contribution in [0.5, 0.6) is 5.75 Å². The molecule has 3 heteroatoms. The molecule has 1 heterocycles. The van der Waals surface area contributed by atoms with Crippen LogP contribution in [-0.2, 0) is 11.3 Å². The van der Waals surface area contributed by atoms with Crippen molar-refractivity contribution in [3.8, 4) is 5.75 Å². The molecule has 0 atom stereocenters. The van der Waals surface area contributed by atoms with Crippen molar-refractivity contribution in [3.05, 3.63) is 28.8 Å². The van der Waals surface area contributed by atoms with Crippen LogP contribution in [0.1, 0.15) is 28.4 Å². The number of hydrogen-bond acceptors (Lipinski definition) is 3. The average Bonchev–Trinajstić information content (AvgIpc) is 2.16. The van der Waals surface area contributed by atoms with Gasteiger partial charge in [0, 0.05) is 5.56 Å². The molecule has 0 amide bonds. The van der Waals surface area contributed by atoms with Crippen LogP contribution in [0.2, 0.25) is 0 Å². The van der Waals surface area contributed by atoms with Crippen molar-refractivity contribution < 1.29 is 14.3 Å². The molecule has 0 aliphatic carbocycles. The molecule has 0 bridgehead atoms. The normalized spacial score (nSPS) is 14.4. The van der Waals surface area contributed by atoms with E-state index in [2.05, 4.69) is 0 Å². The first kappa shape index (κ1) is 9.21. The predicted molar refractivity (Wildman–Crippen MR) is 51.5 cm³/mol. The largest absolute Gasteiger partial charge is 0.466 e. The van der Waals surface area contributed by atoms with Gasteiger partial charge >= 0.3 is 0 Å². The smallest absolute Gasteiger partial charge is 0.189 e. The summed E-state index contributed by atoms with van der Waals surface area (Å²) in [6, 6.07) is 3.84. The van der Waals surface area contributed by atoms with Gasteiger partial charge in [-0.2, -0.15) is 0 Å². The van der Waals surface area contributed by atoms with E-state index < -0.39 is 0 Å². The van der Waals surface area contributed by atoms with Crippen molar-refractivity contribution in [1.29, 1.82) is 0 Å². The second-order valence-electron chi connectivity index (χ2n) is 3.47. The number of Topliss-reactive ketones (excluding diaryl/α,β-unsaturated/α-hetero) is 1. The van der Waals surface area contributed by atoms with E-state index in [9.17, 15) is 4.79 Å². The van der Waals surface area contributed by atoms with E-state index >= 15 is 0 Å². The second-order valence-corrected chi connectivity index (χ2v) is 3.47. The number of carbonyl (C=O) groups excluding carboxylic acids is 1. The predicted octanol–water partition coefficient (Wildman–Crippen LogP) is 2.06. The molecule has 14 heavy (non-hydrogen) atoms. The number of carbonyl (C=O) groups is 1. The third kappa shape index (κ3) is 1.51. The molecule has 1 aromatic carbocycles. The molecule has 0 fully saturated rings. The number of ketones is 1. The summed E-state index contributed by atoms with van der Waals surface area (Å²) < 4.78 is 10.5. The van der Waals surface area contributed by atoms with Gasteiger partial charge in [-0.3, -0.25) is 4.79 Å². The maximum absolute atomic E-state index is 11.3. The first-order valence-corrected chi connectivity index (χ1v) is 4.53. The third-order valence-electron chi connectivity index (χ3n) is 2.23. The highest BCUT2D eigenvalue weighted by atomic mass is 16.7. The molecular weight excluding hydrogens is 180 g/mol. The first-order chi connectivity index (χ1) is 6.68. The summed E-state index contributed by atoms with van der Waals surface area (Å²) >= 11 is 0. The summed E-state index contributed by atoms with van der Waals surface area (Å²) in [6.07, 6.45) is 0. The summed E-state index contributed by atoms with van der Waals surface area (Å²) in [4.78, 5) is 11.3. The topological polar surface area (TPSA) is 35.5 Å². The van der Waals surface area contributed by atoms with E-state index in [1.54, 1.807) is 6.92 Å². The molecule has 0 aromatic heterocycles. The van der Waals surface area contributed by atoms with Gasteiger partial charge in [0.25, 0.3) is 0 Å². The minimum Gasteiger partial charge on any atom is -0.466 e. The molecule has 0 radical (unpaired) electrons. The Kier molecular flexibility index (Phi) is 2.25. The number of benzene rings is 1.